The molecule has 0 saturated carbocycles. The van der Waals surface area contributed by atoms with E-state index in [1.807, 2.05) is 0 Å². The van der Waals surface area contributed by atoms with Gasteiger partial charge < -0.3 is 5.32 Å². The number of unbranched alkanes of at least 4 members (excludes halogenated alkanes) is 3. The topological polar surface area (TPSA) is 12.0 Å². The summed E-state index contributed by atoms with van der Waals surface area (Å²) in [5.41, 5.74) is 0. The minimum Gasteiger partial charge on any atom is -0.317 e. The van der Waals surface area contributed by atoms with Crippen LogP contribution in [-0.4, -0.2) is 13.1 Å². The molecule has 1 N–H and O–H groups in total. The average molecular weight is 185 g/mol. The molecule has 13 heavy (non-hydrogen) atoms. The number of rotatable bonds is 9. The van der Waals surface area contributed by atoms with Gasteiger partial charge in [0.05, 0.1) is 0 Å². The molecule has 80 valence electrons. The molecule has 0 aromatic rings. The second-order valence-corrected chi connectivity index (χ2v) is 4.11. The van der Waals surface area contributed by atoms with Crippen molar-refractivity contribution in [2.75, 3.05) is 13.1 Å². The predicted octanol–water partition coefficient (Wildman–Crippen LogP) is 3.59. The smallest absolute Gasteiger partial charge is 0.00464 e. The molecule has 0 fully saturated rings. The maximum absolute atomic E-state index is 3.51. The lowest BCUT2D eigenvalue weighted by atomic mass is 10.1. The fraction of sp³-hybridized carbons (Fsp3) is 1.00. The van der Waals surface area contributed by atoms with Crippen LogP contribution in [0.25, 0.3) is 0 Å². The average Bonchev–Trinajstić information content (AvgIpc) is 2.16. The molecule has 0 aromatic carbocycles. The van der Waals surface area contributed by atoms with Crippen molar-refractivity contribution in [3.8, 4) is 0 Å². The lowest BCUT2D eigenvalue weighted by Gasteiger charge is -2.08. The lowest BCUT2D eigenvalue weighted by Crippen LogP contribution is -2.18. The van der Waals surface area contributed by atoms with Gasteiger partial charge in [0.1, 0.15) is 0 Å². The molecule has 1 nitrogen and oxygen atoms in total. The molecule has 0 bridgehead atoms. The Morgan fingerprint density at radius 1 is 1.00 bits per heavy atom. The normalized spacial score (nSPS) is 13.2. The molecule has 1 atom stereocenters. The monoisotopic (exact) mass is 185 g/mol. The van der Waals surface area contributed by atoms with E-state index < -0.39 is 0 Å². The van der Waals surface area contributed by atoms with Crippen molar-refractivity contribution >= 4 is 0 Å². The van der Waals surface area contributed by atoms with Gasteiger partial charge in [0.2, 0.25) is 0 Å². The molecule has 1 unspecified atom stereocenters. The molecule has 0 rings (SSSR count). The van der Waals surface area contributed by atoms with Gasteiger partial charge in [-0.25, -0.2) is 0 Å². The van der Waals surface area contributed by atoms with Gasteiger partial charge in [-0.05, 0) is 31.8 Å². The molecule has 0 aliphatic rings. The van der Waals surface area contributed by atoms with E-state index in [9.17, 15) is 0 Å². The van der Waals surface area contributed by atoms with Crippen LogP contribution < -0.4 is 5.32 Å². The first-order chi connectivity index (χ1) is 6.31. The van der Waals surface area contributed by atoms with E-state index in [4.69, 9.17) is 0 Å². The highest BCUT2D eigenvalue weighted by Gasteiger charge is 1.96. The van der Waals surface area contributed by atoms with Crippen LogP contribution in [0.1, 0.15) is 59.3 Å². The zero-order chi connectivity index (χ0) is 9.94. The third kappa shape index (κ3) is 9.88. The first-order valence-electron chi connectivity index (χ1n) is 6.02. The molecule has 0 aliphatic carbocycles. The first-order valence-corrected chi connectivity index (χ1v) is 6.02. The molecule has 0 saturated heterocycles. The summed E-state index contributed by atoms with van der Waals surface area (Å²) in [5, 5.41) is 3.51. The lowest BCUT2D eigenvalue weighted by molar-refractivity contribution is 0.482. The fourth-order valence-electron chi connectivity index (χ4n) is 1.35. The number of hydrogen-bond acceptors (Lipinski definition) is 1. The van der Waals surface area contributed by atoms with E-state index in [1.165, 1.54) is 51.6 Å². The van der Waals surface area contributed by atoms with E-state index in [2.05, 4.69) is 26.1 Å². The molecular formula is C12H27N. The van der Waals surface area contributed by atoms with Crippen LogP contribution in [0.15, 0.2) is 0 Å². The van der Waals surface area contributed by atoms with E-state index in [0.717, 1.165) is 5.92 Å². The Labute approximate surface area is 84.3 Å². The highest BCUT2D eigenvalue weighted by molar-refractivity contribution is 4.54. The Hall–Kier alpha value is -0.0400. The number of nitrogens with one attached hydrogen (secondary N) is 1. The van der Waals surface area contributed by atoms with Crippen LogP contribution in [0.5, 0.6) is 0 Å². The van der Waals surface area contributed by atoms with E-state index >= 15 is 0 Å². The summed E-state index contributed by atoms with van der Waals surface area (Å²) in [4.78, 5) is 0. The van der Waals surface area contributed by atoms with Gasteiger partial charge >= 0.3 is 0 Å². The van der Waals surface area contributed by atoms with Crippen LogP contribution in [0, 0.1) is 5.92 Å². The van der Waals surface area contributed by atoms with Crippen LogP contribution in [-0.2, 0) is 0 Å². The van der Waals surface area contributed by atoms with E-state index in [0.29, 0.717) is 0 Å². The van der Waals surface area contributed by atoms with Crippen molar-refractivity contribution < 1.29 is 0 Å². The predicted molar refractivity (Wildman–Crippen MR) is 61.1 cm³/mol. The minimum atomic E-state index is 0.892. The minimum absolute atomic E-state index is 0.892. The first kappa shape index (κ1) is 13.0. The zero-order valence-corrected chi connectivity index (χ0v) is 9.73. The second-order valence-electron chi connectivity index (χ2n) is 4.11. The molecule has 0 heterocycles. The van der Waals surface area contributed by atoms with Crippen molar-refractivity contribution in [2.24, 2.45) is 5.92 Å². The Morgan fingerprint density at radius 2 is 1.77 bits per heavy atom. The van der Waals surface area contributed by atoms with Crippen LogP contribution >= 0.6 is 0 Å². The summed E-state index contributed by atoms with van der Waals surface area (Å²) < 4.78 is 0. The molecule has 0 spiro atoms. The highest BCUT2D eigenvalue weighted by atomic mass is 14.8. The van der Waals surface area contributed by atoms with Crippen molar-refractivity contribution in [3.63, 3.8) is 0 Å². The zero-order valence-electron chi connectivity index (χ0n) is 9.73. The molecule has 0 aromatic heterocycles. The third-order valence-corrected chi connectivity index (χ3v) is 2.72. The molecule has 0 amide bonds. The standard InChI is InChI=1S/C12H27N/c1-4-6-7-8-10-13-11-9-12(3)5-2/h12-13H,4-11H2,1-3H3. The Kier molecular flexibility index (Phi) is 10.0. The van der Waals surface area contributed by atoms with Gasteiger partial charge in [-0.1, -0.05) is 46.5 Å². The summed E-state index contributed by atoms with van der Waals surface area (Å²) in [6.45, 7) is 9.29. The maximum Gasteiger partial charge on any atom is -0.00464 e. The molecule has 0 radical (unpaired) electrons. The van der Waals surface area contributed by atoms with Crippen LogP contribution in [0.3, 0.4) is 0 Å². The Morgan fingerprint density at radius 3 is 2.38 bits per heavy atom. The highest BCUT2D eigenvalue weighted by Crippen LogP contribution is 2.04. The summed E-state index contributed by atoms with van der Waals surface area (Å²) in [7, 11) is 0. The Balaban J connectivity index is 2.91. The van der Waals surface area contributed by atoms with Gasteiger partial charge in [0.15, 0.2) is 0 Å². The molecule has 1 heteroatoms. The summed E-state index contributed by atoms with van der Waals surface area (Å²) in [6.07, 6.45) is 8.14. The van der Waals surface area contributed by atoms with Crippen molar-refractivity contribution in [1.82, 2.24) is 5.32 Å². The quantitative estimate of drug-likeness (QED) is 0.541. The van der Waals surface area contributed by atoms with Gasteiger partial charge in [0, 0.05) is 0 Å². The fourth-order valence-corrected chi connectivity index (χ4v) is 1.35. The van der Waals surface area contributed by atoms with E-state index in [1.54, 1.807) is 0 Å². The van der Waals surface area contributed by atoms with Gasteiger partial charge in [0.25, 0.3) is 0 Å². The van der Waals surface area contributed by atoms with Gasteiger partial charge in [-0.15, -0.1) is 0 Å². The maximum atomic E-state index is 3.51. The summed E-state index contributed by atoms with van der Waals surface area (Å²) >= 11 is 0. The Bertz CT molecular complexity index is 91.1. The van der Waals surface area contributed by atoms with Crippen molar-refractivity contribution in [2.45, 2.75) is 59.3 Å². The summed E-state index contributed by atoms with van der Waals surface area (Å²) in [5.74, 6) is 0.892. The van der Waals surface area contributed by atoms with Crippen molar-refractivity contribution in [3.05, 3.63) is 0 Å². The SMILES string of the molecule is CCCCCCNCCC(C)CC. The second kappa shape index (κ2) is 10.0. The largest absolute Gasteiger partial charge is 0.317 e. The molecular weight excluding hydrogens is 158 g/mol. The third-order valence-electron chi connectivity index (χ3n) is 2.72. The van der Waals surface area contributed by atoms with Gasteiger partial charge in [-0.2, -0.15) is 0 Å². The van der Waals surface area contributed by atoms with Gasteiger partial charge in [-0.3, -0.25) is 0 Å². The number of hydrogen-bond donors (Lipinski definition) is 1. The van der Waals surface area contributed by atoms with Crippen LogP contribution in [0.2, 0.25) is 0 Å². The van der Waals surface area contributed by atoms with Crippen molar-refractivity contribution in [1.29, 1.82) is 0 Å². The summed E-state index contributed by atoms with van der Waals surface area (Å²) in [6, 6.07) is 0. The molecule has 0 aliphatic heterocycles. The van der Waals surface area contributed by atoms with E-state index in [-0.39, 0.29) is 0 Å². The van der Waals surface area contributed by atoms with Crippen LogP contribution in [0.4, 0.5) is 0 Å².